The molecule has 1 aromatic heterocycles. The van der Waals surface area contributed by atoms with Gasteiger partial charge in [0.2, 0.25) is 0 Å². The minimum Gasteiger partial charge on any atom is -0.418 e. The third kappa shape index (κ3) is 8.96. The van der Waals surface area contributed by atoms with E-state index in [1.165, 1.54) is 0 Å². The highest BCUT2D eigenvalue weighted by Gasteiger charge is 2.20. The van der Waals surface area contributed by atoms with Gasteiger partial charge in [0.1, 0.15) is 6.20 Å². The lowest BCUT2D eigenvalue weighted by Gasteiger charge is -1.98. The second kappa shape index (κ2) is 5.56. The summed E-state index contributed by atoms with van der Waals surface area (Å²) in [5.74, 6) is 0. The molecule has 0 N–H and O–H groups in total. The number of hydrogen-bond donors (Lipinski definition) is 0. The summed E-state index contributed by atoms with van der Waals surface area (Å²) in [6.45, 7) is 4.25. The van der Waals surface area contributed by atoms with Crippen molar-refractivity contribution in [3.05, 3.63) is 24.8 Å². The van der Waals surface area contributed by atoms with Gasteiger partial charge in [0, 0.05) is 6.07 Å². The summed E-state index contributed by atoms with van der Waals surface area (Å²) >= 11 is 0. The van der Waals surface area contributed by atoms with Crippen LogP contribution in [0, 0.1) is 0 Å². The van der Waals surface area contributed by atoms with Gasteiger partial charge in [0.05, 0.1) is 12.2 Å². The summed E-state index contributed by atoms with van der Waals surface area (Å²) in [5, 5.41) is 0. The molecule has 14 heavy (non-hydrogen) atoms. The van der Waals surface area contributed by atoms with E-state index in [0.29, 0.717) is 6.04 Å². The van der Waals surface area contributed by atoms with Gasteiger partial charge in [0.15, 0.2) is 0 Å². The Hall–Kier alpha value is -1.14. The molecular formula is C7H11BF4N2. The van der Waals surface area contributed by atoms with Crippen LogP contribution in [0.15, 0.2) is 24.8 Å². The Kier molecular flexibility index (Phi) is 5.11. The fraction of sp³-hybridized carbons (Fsp3) is 0.429. The van der Waals surface area contributed by atoms with Crippen LogP contribution in [0.1, 0.15) is 19.9 Å². The molecule has 1 aromatic rings. The normalized spacial score (nSPS) is 10.8. The van der Waals surface area contributed by atoms with E-state index in [-0.39, 0.29) is 0 Å². The van der Waals surface area contributed by atoms with Gasteiger partial charge in [-0.1, -0.05) is 4.98 Å². The van der Waals surface area contributed by atoms with Gasteiger partial charge in [-0.3, -0.25) is 0 Å². The van der Waals surface area contributed by atoms with Crippen molar-refractivity contribution in [3.63, 3.8) is 0 Å². The molecule has 2 nitrogen and oxygen atoms in total. The molecule has 0 saturated carbocycles. The third-order valence-corrected chi connectivity index (χ3v) is 1.23. The highest BCUT2D eigenvalue weighted by Crippen LogP contribution is 2.06. The molecule has 1 rings (SSSR count). The van der Waals surface area contributed by atoms with Crippen molar-refractivity contribution < 1.29 is 21.8 Å². The Morgan fingerprint density at radius 2 is 1.71 bits per heavy atom. The van der Waals surface area contributed by atoms with Crippen molar-refractivity contribution in [2.45, 2.75) is 19.9 Å². The summed E-state index contributed by atoms with van der Waals surface area (Å²) < 4.78 is 41.1. The van der Waals surface area contributed by atoms with Crippen molar-refractivity contribution in [1.29, 1.82) is 0 Å². The van der Waals surface area contributed by atoms with Crippen LogP contribution in [0.3, 0.4) is 0 Å². The van der Waals surface area contributed by atoms with E-state index in [0.717, 1.165) is 0 Å². The lowest BCUT2D eigenvalue weighted by Crippen LogP contribution is -2.35. The molecule has 1 heterocycles. The van der Waals surface area contributed by atoms with Gasteiger partial charge < -0.3 is 17.3 Å². The monoisotopic (exact) mass is 210 g/mol. The first-order valence-corrected chi connectivity index (χ1v) is 3.99. The van der Waals surface area contributed by atoms with E-state index in [1.807, 2.05) is 18.6 Å². The smallest absolute Gasteiger partial charge is 0.418 e. The summed E-state index contributed by atoms with van der Waals surface area (Å²) in [4.78, 5) is 3.97. The molecule has 0 aliphatic rings. The van der Waals surface area contributed by atoms with Crippen LogP contribution in [0.4, 0.5) is 17.3 Å². The van der Waals surface area contributed by atoms with Crippen molar-refractivity contribution in [1.82, 2.24) is 4.98 Å². The Labute approximate surface area is 79.7 Å². The molecular weight excluding hydrogens is 199 g/mol. The van der Waals surface area contributed by atoms with Gasteiger partial charge in [-0.25, -0.2) is 4.57 Å². The molecule has 0 radical (unpaired) electrons. The molecule has 0 amide bonds. The molecule has 7 heteroatoms. The number of halogens is 4. The van der Waals surface area contributed by atoms with Crippen molar-refractivity contribution in [2.75, 3.05) is 0 Å². The fourth-order valence-electron chi connectivity index (χ4n) is 0.647. The maximum Gasteiger partial charge on any atom is 0.673 e. The van der Waals surface area contributed by atoms with Crippen LogP contribution in [0.2, 0.25) is 0 Å². The molecule has 0 fully saturated rings. The molecule has 80 valence electrons. The summed E-state index contributed by atoms with van der Waals surface area (Å²) in [7, 11) is -6.00. The molecule has 0 aromatic carbocycles. The van der Waals surface area contributed by atoms with Gasteiger partial charge in [-0.05, 0) is 13.8 Å². The second-order valence-electron chi connectivity index (χ2n) is 2.79. The molecule has 0 spiro atoms. The number of aromatic nitrogens is 2. The lowest BCUT2D eigenvalue weighted by molar-refractivity contribution is -0.719. The van der Waals surface area contributed by atoms with Crippen LogP contribution in [-0.4, -0.2) is 12.2 Å². The molecule has 0 bridgehead atoms. The first-order chi connectivity index (χ1) is 6.30. The van der Waals surface area contributed by atoms with Gasteiger partial charge in [-0.2, -0.15) is 0 Å². The van der Waals surface area contributed by atoms with Crippen molar-refractivity contribution in [2.24, 2.45) is 0 Å². The highest BCUT2D eigenvalue weighted by molar-refractivity contribution is 6.50. The largest absolute Gasteiger partial charge is 0.673 e. The first kappa shape index (κ1) is 12.9. The Morgan fingerprint density at radius 3 is 1.93 bits per heavy atom. The van der Waals surface area contributed by atoms with E-state index in [2.05, 4.69) is 23.4 Å². The van der Waals surface area contributed by atoms with E-state index < -0.39 is 7.25 Å². The SMILES string of the molecule is CC(C)[n+]1cccnc1.F[B-](F)(F)F. The number of hydrogen-bond acceptors (Lipinski definition) is 1. The molecule has 0 aliphatic carbocycles. The van der Waals surface area contributed by atoms with Gasteiger partial charge in [0.25, 0.3) is 6.33 Å². The van der Waals surface area contributed by atoms with E-state index >= 15 is 0 Å². The minimum absolute atomic E-state index is 0.513. The zero-order valence-electron chi connectivity index (χ0n) is 7.87. The average Bonchev–Trinajstić information content (AvgIpc) is 2.03. The minimum atomic E-state index is -6.00. The molecule has 0 aliphatic heterocycles. The predicted octanol–water partition coefficient (Wildman–Crippen LogP) is 2.25. The summed E-state index contributed by atoms with van der Waals surface area (Å²) in [5.41, 5.74) is 0. The maximum absolute atomic E-state index is 9.75. The predicted molar refractivity (Wildman–Crippen MR) is 45.0 cm³/mol. The fourth-order valence-corrected chi connectivity index (χ4v) is 0.647. The second-order valence-corrected chi connectivity index (χ2v) is 2.79. The highest BCUT2D eigenvalue weighted by atomic mass is 19.5. The van der Waals surface area contributed by atoms with Crippen LogP contribution < -0.4 is 4.57 Å². The van der Waals surface area contributed by atoms with E-state index in [4.69, 9.17) is 0 Å². The molecule has 0 unspecified atom stereocenters. The van der Waals surface area contributed by atoms with Crippen molar-refractivity contribution in [3.8, 4) is 0 Å². The topological polar surface area (TPSA) is 16.8 Å². The van der Waals surface area contributed by atoms with E-state index in [9.17, 15) is 17.3 Å². The summed E-state index contributed by atoms with van der Waals surface area (Å²) in [6, 6.07) is 2.44. The van der Waals surface area contributed by atoms with E-state index in [1.54, 1.807) is 6.20 Å². The van der Waals surface area contributed by atoms with Crippen LogP contribution >= 0.6 is 0 Å². The van der Waals surface area contributed by atoms with Gasteiger partial charge >= 0.3 is 7.25 Å². The quantitative estimate of drug-likeness (QED) is 0.394. The average molecular weight is 210 g/mol. The maximum atomic E-state index is 9.75. The zero-order valence-corrected chi connectivity index (χ0v) is 7.87. The number of rotatable bonds is 1. The Morgan fingerprint density at radius 1 is 1.21 bits per heavy atom. The first-order valence-electron chi connectivity index (χ1n) is 3.99. The third-order valence-electron chi connectivity index (χ3n) is 1.23. The van der Waals surface area contributed by atoms with Crippen molar-refractivity contribution >= 4 is 7.25 Å². The summed E-state index contributed by atoms with van der Waals surface area (Å²) in [6.07, 6.45) is 5.61. The molecule has 0 saturated heterocycles. The van der Waals surface area contributed by atoms with Crippen LogP contribution in [0.25, 0.3) is 0 Å². The number of nitrogens with zero attached hydrogens (tertiary/aromatic N) is 2. The van der Waals surface area contributed by atoms with Crippen LogP contribution in [0.5, 0.6) is 0 Å². The Bertz CT molecular complexity index is 244. The lowest BCUT2D eigenvalue weighted by atomic mass is 10.3. The standard InChI is InChI=1S/C7H11N2.BF4/c1-7(2)9-5-3-4-8-6-9;2-1(3,4)5/h3-7H,1-2H3;/q+1;-1. The Balaban J connectivity index is 0.000000292. The zero-order chi connectivity index (χ0) is 11.2. The van der Waals surface area contributed by atoms with Crippen LogP contribution in [-0.2, 0) is 0 Å². The molecule has 0 atom stereocenters. The van der Waals surface area contributed by atoms with Gasteiger partial charge in [-0.15, -0.1) is 0 Å².